The van der Waals surface area contributed by atoms with Crippen molar-refractivity contribution in [3.8, 4) is 17.2 Å². The van der Waals surface area contributed by atoms with Crippen molar-refractivity contribution in [1.29, 1.82) is 0 Å². The minimum atomic E-state index is -1.11. The Hall–Kier alpha value is -2.59. The Bertz CT molecular complexity index is 888. The molecular formula is C18H16Br2N2O6. The molecular weight excluding hydrogens is 500 g/mol. The molecule has 0 heterocycles. The predicted octanol–water partition coefficient (Wildman–Crippen LogP) is 3.21. The Labute approximate surface area is 177 Å². The molecule has 0 bridgehead atoms. The molecule has 0 spiro atoms. The van der Waals surface area contributed by atoms with Crippen molar-refractivity contribution < 1.29 is 28.9 Å². The summed E-state index contributed by atoms with van der Waals surface area (Å²) in [6, 6.07) is 10.3. The van der Waals surface area contributed by atoms with E-state index >= 15 is 0 Å². The van der Waals surface area contributed by atoms with Crippen molar-refractivity contribution in [2.45, 2.75) is 0 Å². The zero-order valence-electron chi connectivity index (χ0n) is 14.6. The molecule has 0 fully saturated rings. The monoisotopic (exact) mass is 514 g/mol. The maximum atomic E-state index is 11.9. The van der Waals surface area contributed by atoms with Crippen LogP contribution in [-0.4, -0.2) is 43.5 Å². The van der Waals surface area contributed by atoms with Crippen molar-refractivity contribution in [2.75, 3.05) is 20.3 Å². The Morgan fingerprint density at radius 2 is 1.86 bits per heavy atom. The third kappa shape index (κ3) is 6.54. The minimum Gasteiger partial charge on any atom is -0.493 e. The van der Waals surface area contributed by atoms with Gasteiger partial charge in [0.25, 0.3) is 5.91 Å². The van der Waals surface area contributed by atoms with Crippen molar-refractivity contribution in [3.63, 3.8) is 0 Å². The van der Waals surface area contributed by atoms with E-state index < -0.39 is 18.5 Å². The van der Waals surface area contributed by atoms with Crippen molar-refractivity contribution in [3.05, 3.63) is 50.9 Å². The van der Waals surface area contributed by atoms with Crippen LogP contribution in [0.25, 0.3) is 0 Å². The molecule has 2 N–H and O–H groups in total. The van der Waals surface area contributed by atoms with E-state index in [9.17, 15) is 9.59 Å². The molecule has 0 aliphatic heterocycles. The number of carboxylic acids is 1. The number of carbonyl (C=O) groups is 2. The number of aliphatic carboxylic acids is 1. The fourth-order valence-corrected chi connectivity index (χ4v) is 3.42. The molecule has 0 radical (unpaired) electrons. The first-order chi connectivity index (χ1) is 13.4. The second kappa shape index (κ2) is 10.7. The van der Waals surface area contributed by atoms with Crippen LogP contribution in [0.2, 0.25) is 0 Å². The number of rotatable bonds is 9. The molecule has 10 heteroatoms. The number of para-hydroxylation sites is 2. The molecule has 148 valence electrons. The van der Waals surface area contributed by atoms with Crippen LogP contribution in [0.15, 0.2) is 50.4 Å². The molecule has 28 heavy (non-hydrogen) atoms. The standard InChI is InChI=1S/C18H16Br2N2O6/c1-26-14-4-2-3-5-15(14)27-9-16(23)22-21-8-11-6-12(19)7-13(20)18(11)28-10-17(24)25/h2-8H,9-10H2,1H3,(H,22,23)(H,24,25)/b21-8-. The number of carboxylic acid groups (broad SMARTS) is 1. The largest absolute Gasteiger partial charge is 0.493 e. The van der Waals surface area contributed by atoms with Gasteiger partial charge < -0.3 is 19.3 Å². The number of benzene rings is 2. The van der Waals surface area contributed by atoms with Crippen LogP contribution >= 0.6 is 31.9 Å². The molecule has 2 aromatic carbocycles. The van der Waals surface area contributed by atoms with Gasteiger partial charge >= 0.3 is 5.97 Å². The van der Waals surface area contributed by atoms with Gasteiger partial charge in [-0.1, -0.05) is 28.1 Å². The molecule has 0 aliphatic carbocycles. The number of nitrogens with zero attached hydrogens (tertiary/aromatic N) is 1. The highest BCUT2D eigenvalue weighted by Crippen LogP contribution is 2.32. The Morgan fingerprint density at radius 1 is 1.14 bits per heavy atom. The number of methoxy groups -OCH3 is 1. The van der Waals surface area contributed by atoms with E-state index in [1.54, 1.807) is 36.4 Å². The molecule has 0 aliphatic rings. The lowest BCUT2D eigenvalue weighted by atomic mass is 10.2. The van der Waals surface area contributed by atoms with Gasteiger partial charge in [0, 0.05) is 10.0 Å². The normalized spacial score (nSPS) is 10.5. The third-order valence-electron chi connectivity index (χ3n) is 3.20. The summed E-state index contributed by atoms with van der Waals surface area (Å²) in [7, 11) is 1.51. The molecule has 2 aromatic rings. The number of hydrazone groups is 1. The van der Waals surface area contributed by atoms with Gasteiger partial charge in [-0.3, -0.25) is 4.79 Å². The number of ether oxygens (including phenoxy) is 3. The number of nitrogens with one attached hydrogen (secondary N) is 1. The molecule has 0 atom stereocenters. The minimum absolute atomic E-state index is 0.262. The first kappa shape index (κ1) is 21.7. The summed E-state index contributed by atoms with van der Waals surface area (Å²) >= 11 is 6.63. The molecule has 1 amide bonds. The molecule has 0 saturated heterocycles. The van der Waals surface area contributed by atoms with E-state index in [4.69, 9.17) is 19.3 Å². The highest BCUT2D eigenvalue weighted by atomic mass is 79.9. The average Bonchev–Trinajstić information content (AvgIpc) is 2.65. The second-order valence-corrected chi connectivity index (χ2v) is 6.99. The smallest absolute Gasteiger partial charge is 0.341 e. The Balaban J connectivity index is 1.99. The maximum absolute atomic E-state index is 11.9. The lowest BCUT2D eigenvalue weighted by Gasteiger charge is -2.10. The lowest BCUT2D eigenvalue weighted by molar-refractivity contribution is -0.139. The highest BCUT2D eigenvalue weighted by molar-refractivity contribution is 9.11. The van der Waals surface area contributed by atoms with E-state index in [0.29, 0.717) is 26.0 Å². The first-order valence-corrected chi connectivity index (χ1v) is 9.40. The number of halogens is 2. The topological polar surface area (TPSA) is 106 Å². The average molecular weight is 516 g/mol. The van der Waals surface area contributed by atoms with Gasteiger partial charge in [0.2, 0.25) is 0 Å². The predicted molar refractivity (Wildman–Crippen MR) is 109 cm³/mol. The quantitative estimate of drug-likeness (QED) is 0.392. The number of amides is 1. The van der Waals surface area contributed by atoms with Gasteiger partial charge in [-0.15, -0.1) is 0 Å². The van der Waals surface area contributed by atoms with Crippen molar-refractivity contribution in [1.82, 2.24) is 5.43 Å². The summed E-state index contributed by atoms with van der Waals surface area (Å²) in [5, 5.41) is 12.6. The van der Waals surface area contributed by atoms with Crippen LogP contribution in [0.3, 0.4) is 0 Å². The van der Waals surface area contributed by atoms with Gasteiger partial charge in [-0.2, -0.15) is 5.10 Å². The Morgan fingerprint density at radius 3 is 2.54 bits per heavy atom. The van der Waals surface area contributed by atoms with Crippen LogP contribution in [0, 0.1) is 0 Å². The lowest BCUT2D eigenvalue weighted by Crippen LogP contribution is -2.24. The second-order valence-electron chi connectivity index (χ2n) is 5.22. The van der Waals surface area contributed by atoms with Crippen LogP contribution in [0.5, 0.6) is 17.2 Å². The zero-order valence-corrected chi connectivity index (χ0v) is 17.8. The highest BCUT2D eigenvalue weighted by Gasteiger charge is 2.11. The molecule has 8 nitrogen and oxygen atoms in total. The van der Waals surface area contributed by atoms with Gasteiger partial charge in [0.15, 0.2) is 24.7 Å². The first-order valence-electron chi connectivity index (χ1n) is 7.82. The van der Waals surface area contributed by atoms with Crippen LogP contribution in [0.4, 0.5) is 0 Å². The third-order valence-corrected chi connectivity index (χ3v) is 4.24. The van der Waals surface area contributed by atoms with Crippen molar-refractivity contribution in [2.24, 2.45) is 5.10 Å². The summed E-state index contributed by atoms with van der Waals surface area (Å²) < 4.78 is 17.1. The van der Waals surface area contributed by atoms with Crippen LogP contribution in [0.1, 0.15) is 5.56 Å². The van der Waals surface area contributed by atoms with E-state index in [1.165, 1.54) is 13.3 Å². The number of carbonyl (C=O) groups excluding carboxylic acids is 1. The molecule has 0 unspecified atom stereocenters. The fraction of sp³-hybridized carbons (Fsp3) is 0.167. The van der Waals surface area contributed by atoms with Gasteiger partial charge in [0.1, 0.15) is 5.75 Å². The van der Waals surface area contributed by atoms with Crippen LogP contribution in [-0.2, 0) is 9.59 Å². The summed E-state index contributed by atoms with van der Waals surface area (Å²) in [6.45, 7) is -0.775. The fourth-order valence-electron chi connectivity index (χ4n) is 2.05. The summed E-state index contributed by atoms with van der Waals surface area (Å²) in [4.78, 5) is 22.7. The maximum Gasteiger partial charge on any atom is 0.341 e. The molecule has 0 aromatic heterocycles. The van der Waals surface area contributed by atoms with E-state index in [0.717, 1.165) is 0 Å². The Kier molecular flexibility index (Phi) is 8.27. The van der Waals surface area contributed by atoms with Gasteiger partial charge in [0.05, 0.1) is 17.8 Å². The van der Waals surface area contributed by atoms with E-state index in [-0.39, 0.29) is 12.4 Å². The zero-order chi connectivity index (χ0) is 20.5. The molecule has 0 saturated carbocycles. The summed E-state index contributed by atoms with van der Waals surface area (Å²) in [6.07, 6.45) is 1.34. The van der Waals surface area contributed by atoms with Crippen LogP contribution < -0.4 is 19.6 Å². The molecule has 2 rings (SSSR count). The number of hydrogen-bond acceptors (Lipinski definition) is 6. The van der Waals surface area contributed by atoms with Gasteiger partial charge in [-0.05, 0) is 40.2 Å². The number of hydrogen-bond donors (Lipinski definition) is 2. The summed E-state index contributed by atoms with van der Waals surface area (Å²) in [5.41, 5.74) is 2.80. The SMILES string of the molecule is COc1ccccc1OCC(=O)N/N=C\c1cc(Br)cc(Br)c1OCC(=O)O. The van der Waals surface area contributed by atoms with Gasteiger partial charge in [-0.25, -0.2) is 10.2 Å². The van der Waals surface area contributed by atoms with E-state index in [2.05, 4.69) is 42.4 Å². The summed E-state index contributed by atoms with van der Waals surface area (Å²) in [5.74, 6) is -0.361. The van der Waals surface area contributed by atoms with E-state index in [1.807, 2.05) is 0 Å². The van der Waals surface area contributed by atoms with Crippen molar-refractivity contribution >= 4 is 50.0 Å².